The lowest BCUT2D eigenvalue weighted by atomic mass is 10.0. The Balaban J connectivity index is 1.15. The third-order valence-electron chi connectivity index (χ3n) is 6.63. The molecule has 172 valence electrons. The van der Waals surface area contributed by atoms with Crippen LogP contribution in [0, 0.1) is 0 Å². The lowest BCUT2D eigenvalue weighted by Gasteiger charge is -2.34. The third-order valence-corrected chi connectivity index (χ3v) is 6.63. The molecule has 0 aromatic heterocycles. The van der Waals surface area contributed by atoms with Gasteiger partial charge in [-0.3, -0.25) is 4.90 Å². The Morgan fingerprint density at radius 2 is 1.78 bits per heavy atom. The maximum atomic E-state index is 12.8. The molecule has 2 heterocycles. The lowest BCUT2D eigenvalue weighted by Crippen LogP contribution is -2.46. The number of hydrogen-bond acceptors (Lipinski definition) is 4. The van der Waals surface area contributed by atoms with Crippen LogP contribution in [-0.2, 0) is 6.54 Å². The van der Waals surface area contributed by atoms with Crippen molar-refractivity contribution >= 4 is 6.03 Å². The summed E-state index contributed by atoms with van der Waals surface area (Å²) in [6.45, 7) is 8.04. The Labute approximate surface area is 192 Å². The summed E-state index contributed by atoms with van der Waals surface area (Å²) in [5.41, 5.74) is 2.54. The van der Waals surface area contributed by atoms with Crippen LogP contribution >= 0.6 is 0 Å². The molecule has 1 unspecified atom stereocenters. The summed E-state index contributed by atoms with van der Waals surface area (Å²) in [5.74, 6) is 0.846. The molecule has 6 nitrogen and oxygen atoms in total. The van der Waals surface area contributed by atoms with E-state index >= 15 is 0 Å². The maximum absolute atomic E-state index is 12.8. The van der Waals surface area contributed by atoms with Gasteiger partial charge in [0.05, 0.1) is 13.2 Å². The number of methoxy groups -OCH3 is 1. The fourth-order valence-corrected chi connectivity index (χ4v) is 4.82. The van der Waals surface area contributed by atoms with Gasteiger partial charge in [-0.1, -0.05) is 42.5 Å². The van der Waals surface area contributed by atoms with Crippen LogP contribution in [0.15, 0.2) is 54.6 Å². The van der Waals surface area contributed by atoms with Crippen LogP contribution in [0.25, 0.3) is 0 Å². The SMILES string of the molecule is COc1cccc(C2CCCN2C(=O)NCCCN2CCN(Cc3ccccc3)CC2)c1. The summed E-state index contributed by atoms with van der Waals surface area (Å²) in [5, 5.41) is 3.15. The molecule has 2 aliphatic heterocycles. The van der Waals surface area contributed by atoms with Crippen molar-refractivity contribution in [1.29, 1.82) is 0 Å². The van der Waals surface area contributed by atoms with Gasteiger partial charge in [0.25, 0.3) is 0 Å². The van der Waals surface area contributed by atoms with Crippen LogP contribution in [0.4, 0.5) is 4.79 Å². The summed E-state index contributed by atoms with van der Waals surface area (Å²) in [6.07, 6.45) is 3.04. The second-order valence-electron chi connectivity index (χ2n) is 8.82. The van der Waals surface area contributed by atoms with E-state index in [1.165, 1.54) is 5.56 Å². The molecule has 2 aromatic carbocycles. The first-order chi connectivity index (χ1) is 15.7. The Morgan fingerprint density at radius 1 is 1.00 bits per heavy atom. The quantitative estimate of drug-likeness (QED) is 0.641. The van der Waals surface area contributed by atoms with E-state index in [0.29, 0.717) is 0 Å². The number of hydrogen-bond donors (Lipinski definition) is 1. The maximum Gasteiger partial charge on any atom is 0.317 e. The van der Waals surface area contributed by atoms with Crippen LogP contribution in [0.3, 0.4) is 0 Å². The van der Waals surface area contributed by atoms with Crippen molar-refractivity contribution in [2.24, 2.45) is 0 Å². The second kappa shape index (κ2) is 11.3. The minimum Gasteiger partial charge on any atom is -0.497 e. The normalized spacial score (nSPS) is 19.8. The van der Waals surface area contributed by atoms with Crippen LogP contribution in [0.1, 0.15) is 36.4 Å². The van der Waals surface area contributed by atoms with Gasteiger partial charge in [0.2, 0.25) is 0 Å². The number of carbonyl (C=O) groups excluding carboxylic acids is 1. The predicted octanol–water partition coefficient (Wildman–Crippen LogP) is 3.75. The fraction of sp³-hybridized carbons (Fsp3) is 0.500. The highest BCUT2D eigenvalue weighted by Gasteiger charge is 2.30. The highest BCUT2D eigenvalue weighted by atomic mass is 16.5. The van der Waals surface area contributed by atoms with E-state index in [-0.39, 0.29) is 12.1 Å². The van der Waals surface area contributed by atoms with Crippen LogP contribution in [0.2, 0.25) is 0 Å². The number of urea groups is 1. The number of likely N-dealkylation sites (tertiary alicyclic amines) is 1. The summed E-state index contributed by atoms with van der Waals surface area (Å²) >= 11 is 0. The van der Waals surface area contributed by atoms with E-state index < -0.39 is 0 Å². The van der Waals surface area contributed by atoms with Crippen molar-refractivity contribution in [3.63, 3.8) is 0 Å². The number of amides is 2. The van der Waals surface area contributed by atoms with Gasteiger partial charge in [-0.15, -0.1) is 0 Å². The molecule has 0 spiro atoms. The van der Waals surface area contributed by atoms with Gasteiger partial charge in [-0.05, 0) is 49.1 Å². The fourth-order valence-electron chi connectivity index (χ4n) is 4.82. The minimum absolute atomic E-state index is 0.0583. The Bertz CT molecular complexity index is 852. The van der Waals surface area contributed by atoms with Gasteiger partial charge in [-0.2, -0.15) is 0 Å². The number of carbonyl (C=O) groups is 1. The largest absolute Gasteiger partial charge is 0.497 e. The standard InChI is InChI=1S/C26H36N4O2/c1-32-24-11-5-10-23(20-24)25-12-6-15-30(25)26(31)27-13-7-14-28-16-18-29(19-17-28)21-22-8-3-2-4-9-22/h2-5,8-11,20,25H,6-7,12-19,21H2,1H3,(H,27,31). The second-order valence-corrected chi connectivity index (χ2v) is 8.82. The van der Waals surface area contributed by atoms with Gasteiger partial charge < -0.3 is 19.9 Å². The molecule has 4 rings (SSSR count). The summed E-state index contributed by atoms with van der Waals surface area (Å²) in [4.78, 5) is 19.8. The molecule has 2 saturated heterocycles. The number of ether oxygens (including phenoxy) is 1. The van der Waals surface area contributed by atoms with Crippen molar-refractivity contribution in [2.75, 3.05) is 52.9 Å². The van der Waals surface area contributed by atoms with E-state index in [9.17, 15) is 4.79 Å². The van der Waals surface area contributed by atoms with Crippen LogP contribution in [-0.4, -0.2) is 73.7 Å². The third kappa shape index (κ3) is 6.02. The van der Waals surface area contributed by atoms with Gasteiger partial charge in [0.1, 0.15) is 5.75 Å². The van der Waals surface area contributed by atoms with E-state index in [2.05, 4.69) is 51.5 Å². The molecule has 0 bridgehead atoms. The highest BCUT2D eigenvalue weighted by molar-refractivity contribution is 5.75. The molecular weight excluding hydrogens is 400 g/mol. The Morgan fingerprint density at radius 3 is 2.56 bits per heavy atom. The van der Waals surface area contributed by atoms with Gasteiger partial charge in [0, 0.05) is 45.8 Å². The van der Waals surface area contributed by atoms with E-state index in [1.54, 1.807) is 7.11 Å². The zero-order valence-electron chi connectivity index (χ0n) is 19.2. The average molecular weight is 437 g/mol. The number of nitrogens with zero attached hydrogens (tertiary/aromatic N) is 3. The topological polar surface area (TPSA) is 48.1 Å². The average Bonchev–Trinajstić information content (AvgIpc) is 3.34. The first-order valence-corrected chi connectivity index (χ1v) is 11.9. The van der Waals surface area contributed by atoms with Gasteiger partial charge >= 0.3 is 6.03 Å². The van der Waals surface area contributed by atoms with Crippen LogP contribution < -0.4 is 10.1 Å². The number of nitrogens with one attached hydrogen (secondary N) is 1. The predicted molar refractivity (Wildman–Crippen MR) is 128 cm³/mol. The van der Waals surface area contributed by atoms with Gasteiger partial charge in [-0.25, -0.2) is 4.79 Å². The van der Waals surface area contributed by atoms with E-state index in [0.717, 1.165) is 82.9 Å². The van der Waals surface area contributed by atoms with Crippen molar-refractivity contribution in [1.82, 2.24) is 20.0 Å². The van der Waals surface area contributed by atoms with Crippen molar-refractivity contribution in [3.8, 4) is 5.75 Å². The first kappa shape index (κ1) is 22.6. The number of rotatable bonds is 8. The molecule has 0 aliphatic carbocycles. The minimum atomic E-state index is 0.0583. The first-order valence-electron chi connectivity index (χ1n) is 11.9. The van der Waals surface area contributed by atoms with E-state index in [1.807, 2.05) is 23.1 Å². The molecule has 2 amide bonds. The molecule has 2 aromatic rings. The molecule has 1 N–H and O–H groups in total. The van der Waals surface area contributed by atoms with Crippen molar-refractivity contribution in [2.45, 2.75) is 31.8 Å². The summed E-state index contributed by atoms with van der Waals surface area (Å²) in [7, 11) is 1.68. The summed E-state index contributed by atoms with van der Waals surface area (Å²) in [6, 6.07) is 19.0. The molecule has 2 aliphatic rings. The molecule has 1 atom stereocenters. The van der Waals surface area contributed by atoms with E-state index in [4.69, 9.17) is 4.74 Å². The molecule has 2 fully saturated rings. The lowest BCUT2D eigenvalue weighted by molar-refractivity contribution is 0.126. The zero-order valence-corrected chi connectivity index (χ0v) is 19.2. The Hall–Kier alpha value is -2.57. The van der Waals surface area contributed by atoms with Gasteiger partial charge in [0.15, 0.2) is 0 Å². The molecule has 0 saturated carbocycles. The zero-order chi connectivity index (χ0) is 22.2. The smallest absolute Gasteiger partial charge is 0.317 e. The molecule has 6 heteroatoms. The van der Waals surface area contributed by atoms with Crippen molar-refractivity contribution < 1.29 is 9.53 Å². The summed E-state index contributed by atoms with van der Waals surface area (Å²) < 4.78 is 5.36. The number of piperazine rings is 1. The van der Waals surface area contributed by atoms with Crippen LogP contribution in [0.5, 0.6) is 5.75 Å². The molecular formula is C26H36N4O2. The van der Waals surface area contributed by atoms with Crippen molar-refractivity contribution in [3.05, 3.63) is 65.7 Å². The monoisotopic (exact) mass is 436 g/mol. The molecule has 0 radical (unpaired) electrons. The molecule has 32 heavy (non-hydrogen) atoms. The Kier molecular flexibility index (Phi) is 8.02. The number of benzene rings is 2. The highest BCUT2D eigenvalue weighted by Crippen LogP contribution is 2.33.